The predicted molar refractivity (Wildman–Crippen MR) is 116 cm³/mol. The van der Waals surface area contributed by atoms with Crippen molar-refractivity contribution < 1.29 is 9.47 Å². The first kappa shape index (κ1) is 20.5. The van der Waals surface area contributed by atoms with Crippen LogP contribution in [0.1, 0.15) is 32.4 Å². The van der Waals surface area contributed by atoms with Crippen molar-refractivity contribution in [3.8, 4) is 11.8 Å². The number of allylic oxidation sites excluding steroid dienone is 2. The molecule has 0 aliphatic carbocycles. The number of thiophene rings is 1. The number of rotatable bonds is 4. The predicted octanol–water partition coefficient (Wildman–Crippen LogP) is 3.88. The van der Waals surface area contributed by atoms with E-state index in [-0.39, 0.29) is 5.88 Å². The molecule has 0 bridgehead atoms. The van der Waals surface area contributed by atoms with Crippen molar-refractivity contribution in [2.75, 3.05) is 7.11 Å². The van der Waals surface area contributed by atoms with E-state index in [9.17, 15) is 5.26 Å². The summed E-state index contributed by atoms with van der Waals surface area (Å²) in [5.41, 5.74) is 13.3. The Morgan fingerprint density at radius 2 is 2.03 bits per heavy atom. The van der Waals surface area contributed by atoms with E-state index in [4.69, 9.17) is 21.1 Å². The third-order valence-corrected chi connectivity index (χ3v) is 5.94. The van der Waals surface area contributed by atoms with Gasteiger partial charge >= 0.3 is 0 Å². The zero-order valence-corrected chi connectivity index (χ0v) is 17.7. The molecule has 5 N–H and O–H groups in total. The Morgan fingerprint density at radius 1 is 1.31 bits per heavy atom. The SMILES string of the molecule is C=C1OC(N)=C(C#N)C(c2ccc(OC)c(C)c2)/C1=C(/NN)c1cc(C)sc1C. The number of hydrazine groups is 1. The van der Waals surface area contributed by atoms with Gasteiger partial charge in [0.05, 0.1) is 18.7 Å². The Labute approximate surface area is 174 Å². The van der Waals surface area contributed by atoms with Gasteiger partial charge in [-0.2, -0.15) is 5.26 Å². The van der Waals surface area contributed by atoms with Crippen molar-refractivity contribution in [2.45, 2.75) is 26.7 Å². The molecule has 0 fully saturated rings. The van der Waals surface area contributed by atoms with Gasteiger partial charge in [-0.25, -0.2) is 0 Å². The number of hydrogen-bond acceptors (Lipinski definition) is 7. The number of aryl methyl sites for hydroxylation is 3. The fraction of sp³-hybridized carbons (Fsp3) is 0.227. The fourth-order valence-electron chi connectivity index (χ4n) is 3.69. The molecule has 1 aliphatic heterocycles. The lowest BCUT2D eigenvalue weighted by atomic mass is 9.80. The van der Waals surface area contributed by atoms with Gasteiger partial charge in [0.25, 0.3) is 0 Å². The van der Waals surface area contributed by atoms with E-state index in [2.05, 4.69) is 24.1 Å². The summed E-state index contributed by atoms with van der Waals surface area (Å²) in [5.74, 6) is 6.66. The first-order valence-electron chi connectivity index (χ1n) is 9.01. The molecule has 0 spiro atoms. The lowest BCUT2D eigenvalue weighted by Crippen LogP contribution is -2.28. The second kappa shape index (κ2) is 8.03. The molecule has 0 saturated carbocycles. The Hall–Kier alpha value is -3.21. The number of nitriles is 1. The van der Waals surface area contributed by atoms with Crippen LogP contribution in [0, 0.1) is 32.1 Å². The van der Waals surface area contributed by atoms with Crippen LogP contribution in [-0.4, -0.2) is 7.11 Å². The second-order valence-corrected chi connectivity index (χ2v) is 8.30. The van der Waals surface area contributed by atoms with Crippen LogP contribution in [0.3, 0.4) is 0 Å². The molecule has 1 aromatic heterocycles. The Balaban J connectivity index is 2.33. The summed E-state index contributed by atoms with van der Waals surface area (Å²) in [6.45, 7) is 10.1. The van der Waals surface area contributed by atoms with E-state index in [1.807, 2.05) is 39.0 Å². The zero-order valence-electron chi connectivity index (χ0n) is 16.9. The minimum Gasteiger partial charge on any atom is -0.496 e. The van der Waals surface area contributed by atoms with Gasteiger partial charge in [-0.05, 0) is 44.0 Å². The van der Waals surface area contributed by atoms with E-state index in [1.54, 1.807) is 18.4 Å². The summed E-state index contributed by atoms with van der Waals surface area (Å²) in [7, 11) is 1.63. The summed E-state index contributed by atoms with van der Waals surface area (Å²) < 4.78 is 11.0. The maximum atomic E-state index is 9.86. The van der Waals surface area contributed by atoms with Gasteiger partial charge in [0.15, 0.2) is 0 Å². The van der Waals surface area contributed by atoms with Crippen molar-refractivity contribution in [1.29, 1.82) is 5.26 Å². The average molecular weight is 409 g/mol. The molecule has 0 saturated heterocycles. The van der Waals surface area contributed by atoms with Gasteiger partial charge < -0.3 is 20.6 Å². The summed E-state index contributed by atoms with van der Waals surface area (Å²) in [4.78, 5) is 2.25. The standard InChI is InChI=1S/C22H24N4O2S/c1-11-8-15(6-7-18(11)27-5)20-17(10-23)22(24)28-13(3)19(20)21(26-25)16-9-12(2)29-14(16)4/h6-9,20,26H,3,24-25H2,1-2,4-5H3/b21-19+. The number of methoxy groups -OCH3 is 1. The fourth-order valence-corrected chi connectivity index (χ4v) is 4.62. The molecule has 0 radical (unpaired) electrons. The van der Waals surface area contributed by atoms with Crippen LogP contribution >= 0.6 is 11.3 Å². The summed E-state index contributed by atoms with van der Waals surface area (Å²) in [6, 6.07) is 10.0. The quantitative estimate of drug-likeness (QED) is 0.524. The summed E-state index contributed by atoms with van der Waals surface area (Å²) >= 11 is 1.67. The van der Waals surface area contributed by atoms with Gasteiger partial charge in [-0.15, -0.1) is 11.3 Å². The number of nitrogens with one attached hydrogen (secondary N) is 1. The van der Waals surface area contributed by atoms with E-state index < -0.39 is 5.92 Å². The number of hydrogen-bond donors (Lipinski definition) is 3. The maximum absolute atomic E-state index is 9.86. The maximum Gasteiger partial charge on any atom is 0.205 e. The largest absolute Gasteiger partial charge is 0.496 e. The van der Waals surface area contributed by atoms with Crippen LogP contribution in [0.15, 0.2) is 53.6 Å². The highest BCUT2D eigenvalue weighted by atomic mass is 32.1. The van der Waals surface area contributed by atoms with Gasteiger partial charge in [0.2, 0.25) is 5.88 Å². The molecule has 3 rings (SSSR count). The molecule has 2 aromatic rings. The van der Waals surface area contributed by atoms with E-state index in [0.29, 0.717) is 22.6 Å². The third-order valence-electron chi connectivity index (χ3n) is 4.97. The van der Waals surface area contributed by atoms with Crippen LogP contribution in [-0.2, 0) is 4.74 Å². The van der Waals surface area contributed by atoms with E-state index in [1.165, 1.54) is 0 Å². The normalized spacial score (nSPS) is 18.2. The number of ether oxygens (including phenoxy) is 2. The molecule has 1 aromatic carbocycles. The van der Waals surface area contributed by atoms with Crippen LogP contribution in [0.5, 0.6) is 5.75 Å². The molecular weight excluding hydrogens is 384 g/mol. The summed E-state index contributed by atoms with van der Waals surface area (Å²) in [6.07, 6.45) is 0. The Bertz CT molecular complexity index is 1090. The van der Waals surface area contributed by atoms with Crippen LogP contribution < -0.4 is 21.7 Å². The third kappa shape index (κ3) is 3.60. The Kier molecular flexibility index (Phi) is 5.69. The number of benzene rings is 1. The van der Waals surface area contributed by atoms with Gasteiger partial charge in [-0.3, -0.25) is 5.84 Å². The monoisotopic (exact) mass is 408 g/mol. The first-order valence-corrected chi connectivity index (χ1v) is 9.83. The van der Waals surface area contributed by atoms with Gasteiger partial charge in [-0.1, -0.05) is 18.7 Å². The second-order valence-electron chi connectivity index (χ2n) is 6.84. The highest BCUT2D eigenvalue weighted by Crippen LogP contribution is 2.45. The molecule has 6 nitrogen and oxygen atoms in total. The zero-order chi connectivity index (χ0) is 21.3. The van der Waals surface area contributed by atoms with Gasteiger partial charge in [0, 0.05) is 20.9 Å². The van der Waals surface area contributed by atoms with Crippen molar-refractivity contribution in [3.63, 3.8) is 0 Å². The highest BCUT2D eigenvalue weighted by molar-refractivity contribution is 7.12. The van der Waals surface area contributed by atoms with Crippen molar-refractivity contribution >= 4 is 17.0 Å². The molecular formula is C22H24N4O2S. The number of nitrogens with two attached hydrogens (primary N) is 2. The molecule has 7 heteroatoms. The van der Waals surface area contributed by atoms with E-state index >= 15 is 0 Å². The molecule has 1 unspecified atom stereocenters. The average Bonchev–Trinajstić information content (AvgIpc) is 3.01. The smallest absolute Gasteiger partial charge is 0.205 e. The molecule has 1 aliphatic rings. The van der Waals surface area contributed by atoms with Crippen molar-refractivity contribution in [1.82, 2.24) is 5.43 Å². The minimum atomic E-state index is -0.475. The molecule has 2 heterocycles. The lowest BCUT2D eigenvalue weighted by Gasteiger charge is -2.30. The van der Waals surface area contributed by atoms with Crippen molar-refractivity contribution in [3.05, 3.63) is 80.1 Å². The van der Waals surface area contributed by atoms with E-state index in [0.717, 1.165) is 32.2 Å². The van der Waals surface area contributed by atoms with Crippen LogP contribution in [0.2, 0.25) is 0 Å². The van der Waals surface area contributed by atoms with Crippen molar-refractivity contribution in [2.24, 2.45) is 11.6 Å². The topological polar surface area (TPSA) is 106 Å². The molecule has 150 valence electrons. The highest BCUT2D eigenvalue weighted by Gasteiger charge is 2.35. The molecule has 29 heavy (non-hydrogen) atoms. The van der Waals surface area contributed by atoms with Crippen LogP contribution in [0.4, 0.5) is 0 Å². The first-order chi connectivity index (χ1) is 13.8. The summed E-state index contributed by atoms with van der Waals surface area (Å²) in [5, 5.41) is 9.86. The molecule has 1 atom stereocenters. The molecule has 0 amide bonds. The minimum absolute atomic E-state index is 0.0503. The Morgan fingerprint density at radius 3 is 2.55 bits per heavy atom. The van der Waals surface area contributed by atoms with Crippen LogP contribution in [0.25, 0.3) is 5.70 Å². The lowest BCUT2D eigenvalue weighted by molar-refractivity contribution is 0.290. The number of nitrogens with zero attached hydrogens (tertiary/aromatic N) is 1. The van der Waals surface area contributed by atoms with Gasteiger partial charge in [0.1, 0.15) is 23.2 Å².